The molecule has 0 aliphatic carbocycles. The smallest absolute Gasteiger partial charge is 0.330 e. The summed E-state index contributed by atoms with van der Waals surface area (Å²) in [4.78, 5) is 22.0. The van der Waals surface area contributed by atoms with E-state index in [2.05, 4.69) is 4.74 Å². The number of ether oxygens (including phenoxy) is 1. The summed E-state index contributed by atoms with van der Waals surface area (Å²) in [5, 5.41) is 0. The maximum absolute atomic E-state index is 11.1. The van der Waals surface area contributed by atoms with Crippen molar-refractivity contribution in [2.75, 3.05) is 0 Å². The third-order valence-corrected chi connectivity index (χ3v) is 1.66. The molecular weight excluding hydrogens is 170 g/mol. The van der Waals surface area contributed by atoms with Gasteiger partial charge in [-0.3, -0.25) is 4.79 Å². The summed E-state index contributed by atoms with van der Waals surface area (Å²) in [5.41, 5.74) is 5.48. The number of carbonyl (C=O) groups excluding carboxylic acids is 2. The third kappa shape index (κ3) is 4.62. The molecule has 0 aliphatic rings. The Labute approximate surface area is 78.4 Å². The van der Waals surface area contributed by atoms with E-state index in [0.29, 0.717) is 6.42 Å². The minimum Gasteiger partial charge on any atom is -0.392 e. The minimum absolute atomic E-state index is 0.0121. The molecule has 2 N–H and O–H groups in total. The second kappa shape index (κ2) is 5.70. The van der Waals surface area contributed by atoms with E-state index in [-0.39, 0.29) is 12.3 Å². The van der Waals surface area contributed by atoms with Gasteiger partial charge in [0.15, 0.2) is 0 Å². The summed E-state index contributed by atoms with van der Waals surface area (Å²) in [6.45, 7) is 5.44. The van der Waals surface area contributed by atoms with Crippen LogP contribution in [0.3, 0.4) is 0 Å². The van der Waals surface area contributed by atoms with Crippen molar-refractivity contribution in [3.63, 3.8) is 0 Å². The van der Waals surface area contributed by atoms with Crippen LogP contribution in [0.2, 0.25) is 0 Å². The van der Waals surface area contributed by atoms with Gasteiger partial charge in [-0.05, 0) is 12.3 Å². The highest BCUT2D eigenvalue weighted by Crippen LogP contribution is 2.02. The number of esters is 2. The molecule has 0 amide bonds. The highest BCUT2D eigenvalue weighted by molar-refractivity contribution is 5.88. The molecule has 0 heterocycles. The number of rotatable bonds is 4. The van der Waals surface area contributed by atoms with Gasteiger partial charge in [0.05, 0.1) is 0 Å². The lowest BCUT2D eigenvalue weighted by molar-refractivity contribution is -0.161. The van der Waals surface area contributed by atoms with Crippen LogP contribution in [-0.4, -0.2) is 18.0 Å². The molecule has 1 atom stereocenters. The molecule has 0 bridgehead atoms. The van der Waals surface area contributed by atoms with Gasteiger partial charge < -0.3 is 10.5 Å². The predicted octanol–water partition coefficient (Wildman–Crippen LogP) is 0.840. The maximum atomic E-state index is 11.1. The van der Waals surface area contributed by atoms with Crippen LogP contribution in [0.4, 0.5) is 0 Å². The molecule has 0 aromatic heterocycles. The van der Waals surface area contributed by atoms with Crippen molar-refractivity contribution in [2.24, 2.45) is 11.7 Å². The molecule has 4 nitrogen and oxygen atoms in total. The summed E-state index contributed by atoms with van der Waals surface area (Å²) >= 11 is 0. The number of carbonyl (C=O) groups is 2. The SMILES string of the molecule is CCCC(=O)OC(=O)C(N)C(C)C. The molecule has 0 saturated carbocycles. The Balaban J connectivity index is 3.93. The lowest BCUT2D eigenvalue weighted by Gasteiger charge is -2.12. The van der Waals surface area contributed by atoms with Gasteiger partial charge in [0, 0.05) is 6.42 Å². The van der Waals surface area contributed by atoms with E-state index in [1.165, 1.54) is 0 Å². The van der Waals surface area contributed by atoms with E-state index in [1.807, 2.05) is 6.92 Å². The first-order valence-electron chi connectivity index (χ1n) is 4.49. The van der Waals surface area contributed by atoms with Crippen LogP contribution in [-0.2, 0) is 14.3 Å². The van der Waals surface area contributed by atoms with Gasteiger partial charge in [-0.2, -0.15) is 0 Å². The van der Waals surface area contributed by atoms with Crippen molar-refractivity contribution < 1.29 is 14.3 Å². The molecule has 0 aromatic carbocycles. The van der Waals surface area contributed by atoms with Crippen molar-refractivity contribution in [3.05, 3.63) is 0 Å². The Kier molecular flexibility index (Phi) is 5.30. The number of hydrogen-bond acceptors (Lipinski definition) is 4. The number of nitrogens with two attached hydrogens (primary N) is 1. The molecule has 0 fully saturated rings. The highest BCUT2D eigenvalue weighted by atomic mass is 16.6. The molecular formula is C9H17NO3. The fourth-order valence-electron chi connectivity index (χ4n) is 0.708. The van der Waals surface area contributed by atoms with Crippen LogP contribution in [0.5, 0.6) is 0 Å². The predicted molar refractivity (Wildman–Crippen MR) is 48.8 cm³/mol. The Bertz CT molecular complexity index is 189. The average molecular weight is 187 g/mol. The molecule has 0 radical (unpaired) electrons. The van der Waals surface area contributed by atoms with Crippen LogP contribution in [0, 0.1) is 5.92 Å². The number of hydrogen-bond donors (Lipinski definition) is 1. The first-order chi connectivity index (χ1) is 5.99. The fraction of sp³-hybridized carbons (Fsp3) is 0.778. The van der Waals surface area contributed by atoms with Crippen molar-refractivity contribution >= 4 is 11.9 Å². The molecule has 76 valence electrons. The van der Waals surface area contributed by atoms with E-state index in [1.54, 1.807) is 13.8 Å². The van der Waals surface area contributed by atoms with Gasteiger partial charge in [0.25, 0.3) is 0 Å². The van der Waals surface area contributed by atoms with Gasteiger partial charge in [0.1, 0.15) is 6.04 Å². The van der Waals surface area contributed by atoms with Gasteiger partial charge in [-0.15, -0.1) is 0 Å². The Hall–Kier alpha value is -0.900. The maximum Gasteiger partial charge on any atom is 0.330 e. The first kappa shape index (κ1) is 12.1. The third-order valence-electron chi connectivity index (χ3n) is 1.66. The molecule has 0 spiro atoms. The second-order valence-corrected chi connectivity index (χ2v) is 3.31. The lowest BCUT2D eigenvalue weighted by atomic mass is 10.1. The van der Waals surface area contributed by atoms with Crippen LogP contribution in [0.1, 0.15) is 33.6 Å². The van der Waals surface area contributed by atoms with Crippen molar-refractivity contribution in [1.82, 2.24) is 0 Å². The molecule has 0 saturated heterocycles. The molecule has 13 heavy (non-hydrogen) atoms. The van der Waals surface area contributed by atoms with Crippen molar-refractivity contribution in [1.29, 1.82) is 0 Å². The van der Waals surface area contributed by atoms with Gasteiger partial charge in [-0.25, -0.2) is 4.79 Å². The fourth-order valence-corrected chi connectivity index (χ4v) is 0.708. The van der Waals surface area contributed by atoms with Crippen molar-refractivity contribution in [3.8, 4) is 0 Å². The molecule has 0 aromatic rings. The largest absolute Gasteiger partial charge is 0.392 e. The van der Waals surface area contributed by atoms with Crippen molar-refractivity contribution in [2.45, 2.75) is 39.7 Å². The van der Waals surface area contributed by atoms with Crippen LogP contribution in [0.15, 0.2) is 0 Å². The van der Waals surface area contributed by atoms with Gasteiger partial charge in [0.2, 0.25) is 0 Å². The van der Waals surface area contributed by atoms with E-state index in [4.69, 9.17) is 5.73 Å². The zero-order valence-corrected chi connectivity index (χ0v) is 8.37. The summed E-state index contributed by atoms with van der Waals surface area (Å²) in [7, 11) is 0. The second-order valence-electron chi connectivity index (χ2n) is 3.31. The Morgan fingerprint density at radius 1 is 1.38 bits per heavy atom. The Morgan fingerprint density at radius 3 is 2.31 bits per heavy atom. The zero-order valence-electron chi connectivity index (χ0n) is 8.37. The molecule has 1 unspecified atom stereocenters. The summed E-state index contributed by atoms with van der Waals surface area (Å²) in [6, 6.07) is -0.708. The quantitative estimate of drug-likeness (QED) is 0.523. The summed E-state index contributed by atoms with van der Waals surface area (Å²) in [5.74, 6) is -1.14. The minimum atomic E-state index is -0.708. The standard InChI is InChI=1S/C9H17NO3/c1-4-5-7(11)13-9(12)8(10)6(2)3/h6,8H,4-5,10H2,1-3H3. The van der Waals surface area contributed by atoms with Gasteiger partial charge >= 0.3 is 11.9 Å². The van der Waals surface area contributed by atoms with E-state index in [0.717, 1.165) is 0 Å². The van der Waals surface area contributed by atoms with Crippen LogP contribution < -0.4 is 5.73 Å². The zero-order chi connectivity index (χ0) is 10.4. The highest BCUT2D eigenvalue weighted by Gasteiger charge is 2.21. The van der Waals surface area contributed by atoms with Gasteiger partial charge in [-0.1, -0.05) is 20.8 Å². The van der Waals surface area contributed by atoms with E-state index >= 15 is 0 Å². The topological polar surface area (TPSA) is 69.4 Å². The molecule has 0 rings (SSSR count). The van der Waals surface area contributed by atoms with E-state index < -0.39 is 18.0 Å². The molecule has 0 aliphatic heterocycles. The Morgan fingerprint density at radius 2 is 1.92 bits per heavy atom. The normalized spacial score (nSPS) is 12.7. The molecule has 4 heteroatoms. The summed E-state index contributed by atoms with van der Waals surface area (Å²) < 4.78 is 4.51. The monoisotopic (exact) mass is 187 g/mol. The summed E-state index contributed by atoms with van der Waals surface area (Å²) in [6.07, 6.45) is 0.930. The van der Waals surface area contributed by atoms with Crippen LogP contribution in [0.25, 0.3) is 0 Å². The first-order valence-corrected chi connectivity index (χ1v) is 4.49. The lowest BCUT2D eigenvalue weighted by Crippen LogP contribution is -2.38. The van der Waals surface area contributed by atoms with Crippen LogP contribution >= 0.6 is 0 Å². The van der Waals surface area contributed by atoms with E-state index in [9.17, 15) is 9.59 Å². The average Bonchev–Trinajstić information content (AvgIpc) is 2.03.